The first kappa shape index (κ1) is 13.1. The van der Waals surface area contributed by atoms with Gasteiger partial charge in [0.05, 0.1) is 6.54 Å². The molecule has 98 valence electrons. The zero-order valence-electron chi connectivity index (χ0n) is 12.2. The summed E-state index contributed by atoms with van der Waals surface area (Å²) >= 11 is 0. The highest BCUT2D eigenvalue weighted by Gasteiger charge is 2.23. The highest BCUT2D eigenvalue weighted by Crippen LogP contribution is 2.36. The van der Waals surface area contributed by atoms with Crippen LogP contribution in [0.1, 0.15) is 57.6 Å². The molecule has 1 aliphatic rings. The van der Waals surface area contributed by atoms with E-state index in [9.17, 15) is 0 Å². The van der Waals surface area contributed by atoms with Gasteiger partial charge in [0, 0.05) is 12.2 Å². The first-order valence-corrected chi connectivity index (χ1v) is 6.93. The Kier molecular flexibility index (Phi) is 3.74. The summed E-state index contributed by atoms with van der Waals surface area (Å²) in [5, 5.41) is 0. The highest BCUT2D eigenvalue weighted by molar-refractivity contribution is 5.99. The van der Waals surface area contributed by atoms with Gasteiger partial charge in [0.15, 0.2) is 0 Å². The van der Waals surface area contributed by atoms with E-state index in [0.29, 0.717) is 11.8 Å². The number of amidine groups is 1. The van der Waals surface area contributed by atoms with Crippen LogP contribution in [-0.4, -0.2) is 18.9 Å². The SMILES string of the molecule is CC1=NCCN1c1c(C(C)C)cccc1C(C)C. The summed E-state index contributed by atoms with van der Waals surface area (Å²) < 4.78 is 0. The van der Waals surface area contributed by atoms with Crippen molar-refractivity contribution in [1.29, 1.82) is 0 Å². The third-order valence-electron chi connectivity index (χ3n) is 3.67. The molecule has 0 radical (unpaired) electrons. The number of nitrogens with zero attached hydrogens (tertiary/aromatic N) is 2. The van der Waals surface area contributed by atoms with Crippen LogP contribution in [0.3, 0.4) is 0 Å². The Balaban J connectivity index is 2.57. The maximum absolute atomic E-state index is 4.54. The van der Waals surface area contributed by atoms with E-state index in [1.54, 1.807) is 0 Å². The van der Waals surface area contributed by atoms with Crippen molar-refractivity contribution in [2.75, 3.05) is 18.0 Å². The first-order valence-electron chi connectivity index (χ1n) is 6.93. The maximum Gasteiger partial charge on any atom is 0.100 e. The molecule has 2 nitrogen and oxygen atoms in total. The lowest BCUT2D eigenvalue weighted by Crippen LogP contribution is -2.27. The summed E-state index contributed by atoms with van der Waals surface area (Å²) in [5.41, 5.74) is 4.29. The number of para-hydroxylation sites is 1. The zero-order chi connectivity index (χ0) is 13.3. The number of anilines is 1. The smallest absolute Gasteiger partial charge is 0.100 e. The second-order valence-electron chi connectivity index (χ2n) is 5.68. The van der Waals surface area contributed by atoms with E-state index < -0.39 is 0 Å². The van der Waals surface area contributed by atoms with Crippen molar-refractivity contribution in [2.45, 2.75) is 46.5 Å². The molecule has 0 N–H and O–H groups in total. The Morgan fingerprint density at radius 1 is 1.06 bits per heavy atom. The topological polar surface area (TPSA) is 15.6 Å². The lowest BCUT2D eigenvalue weighted by atomic mass is 9.92. The normalized spacial score (nSPS) is 15.7. The summed E-state index contributed by atoms with van der Waals surface area (Å²) in [6.45, 7) is 13.1. The molecule has 0 bridgehead atoms. The third kappa shape index (κ3) is 2.29. The van der Waals surface area contributed by atoms with Gasteiger partial charge in [0.1, 0.15) is 5.84 Å². The van der Waals surface area contributed by atoms with E-state index in [1.807, 2.05) is 0 Å². The Bertz CT molecular complexity index is 432. The van der Waals surface area contributed by atoms with Crippen molar-refractivity contribution in [3.05, 3.63) is 29.3 Å². The van der Waals surface area contributed by atoms with Crippen molar-refractivity contribution in [2.24, 2.45) is 4.99 Å². The molecule has 0 amide bonds. The number of rotatable bonds is 3. The quantitative estimate of drug-likeness (QED) is 0.779. The first-order chi connectivity index (χ1) is 8.52. The summed E-state index contributed by atoms with van der Waals surface area (Å²) in [7, 11) is 0. The molecule has 0 spiro atoms. The summed E-state index contributed by atoms with van der Waals surface area (Å²) in [4.78, 5) is 6.93. The fourth-order valence-electron chi connectivity index (χ4n) is 2.66. The van der Waals surface area contributed by atoms with Gasteiger partial charge >= 0.3 is 0 Å². The maximum atomic E-state index is 4.54. The molecule has 0 fully saturated rings. The minimum atomic E-state index is 0.548. The van der Waals surface area contributed by atoms with E-state index in [-0.39, 0.29) is 0 Å². The van der Waals surface area contributed by atoms with Crippen molar-refractivity contribution < 1.29 is 0 Å². The lowest BCUT2D eigenvalue weighted by molar-refractivity contribution is 0.823. The van der Waals surface area contributed by atoms with Crippen molar-refractivity contribution in [1.82, 2.24) is 0 Å². The van der Waals surface area contributed by atoms with Crippen LogP contribution < -0.4 is 4.90 Å². The summed E-state index contributed by atoms with van der Waals surface area (Å²) in [6, 6.07) is 6.71. The third-order valence-corrected chi connectivity index (χ3v) is 3.67. The molecule has 0 saturated heterocycles. The van der Waals surface area contributed by atoms with Crippen LogP contribution in [0.2, 0.25) is 0 Å². The van der Waals surface area contributed by atoms with Crippen LogP contribution in [0.5, 0.6) is 0 Å². The Labute approximate surface area is 111 Å². The van der Waals surface area contributed by atoms with Crippen molar-refractivity contribution in [3.63, 3.8) is 0 Å². The standard InChI is InChI=1S/C16H24N2/c1-11(2)14-7-6-8-15(12(3)4)16(14)18-10-9-17-13(18)5/h6-8,11-12H,9-10H2,1-5H3. The molecule has 1 aliphatic heterocycles. The van der Waals surface area contributed by atoms with E-state index >= 15 is 0 Å². The van der Waals surface area contributed by atoms with Gasteiger partial charge < -0.3 is 4.90 Å². The van der Waals surface area contributed by atoms with Gasteiger partial charge in [-0.1, -0.05) is 45.9 Å². The molecule has 2 heteroatoms. The van der Waals surface area contributed by atoms with Gasteiger partial charge in [-0.3, -0.25) is 4.99 Å². The fraction of sp³-hybridized carbons (Fsp3) is 0.562. The number of benzene rings is 1. The fourth-order valence-corrected chi connectivity index (χ4v) is 2.66. The monoisotopic (exact) mass is 244 g/mol. The van der Waals surface area contributed by atoms with Crippen LogP contribution in [0.15, 0.2) is 23.2 Å². The van der Waals surface area contributed by atoms with Crippen LogP contribution in [-0.2, 0) is 0 Å². The van der Waals surface area contributed by atoms with Crippen molar-refractivity contribution in [3.8, 4) is 0 Å². The molecule has 0 aromatic heterocycles. The van der Waals surface area contributed by atoms with Crippen LogP contribution >= 0.6 is 0 Å². The average molecular weight is 244 g/mol. The van der Waals surface area contributed by atoms with E-state index in [0.717, 1.165) is 18.9 Å². The van der Waals surface area contributed by atoms with Gasteiger partial charge in [-0.25, -0.2) is 0 Å². The molecule has 0 aliphatic carbocycles. The molecule has 1 aromatic carbocycles. The average Bonchev–Trinajstić information content (AvgIpc) is 2.74. The molecular weight excluding hydrogens is 220 g/mol. The molecule has 2 rings (SSSR count). The van der Waals surface area contributed by atoms with Gasteiger partial charge in [0.25, 0.3) is 0 Å². The number of hydrogen-bond acceptors (Lipinski definition) is 2. The van der Waals surface area contributed by atoms with Gasteiger partial charge in [-0.2, -0.15) is 0 Å². The van der Waals surface area contributed by atoms with E-state index in [2.05, 4.69) is 62.7 Å². The van der Waals surface area contributed by atoms with Crippen molar-refractivity contribution >= 4 is 11.5 Å². The van der Waals surface area contributed by atoms with Crippen LogP contribution in [0.4, 0.5) is 5.69 Å². The van der Waals surface area contributed by atoms with E-state index in [4.69, 9.17) is 0 Å². The molecule has 0 saturated carbocycles. The predicted molar refractivity (Wildman–Crippen MR) is 79.9 cm³/mol. The Morgan fingerprint density at radius 2 is 1.61 bits per heavy atom. The number of hydrogen-bond donors (Lipinski definition) is 0. The second-order valence-corrected chi connectivity index (χ2v) is 5.68. The molecule has 0 unspecified atom stereocenters. The van der Waals surface area contributed by atoms with Crippen LogP contribution in [0.25, 0.3) is 0 Å². The minimum absolute atomic E-state index is 0.548. The molecule has 1 aromatic rings. The Hall–Kier alpha value is -1.31. The van der Waals surface area contributed by atoms with E-state index in [1.165, 1.54) is 16.8 Å². The molecule has 1 heterocycles. The summed E-state index contributed by atoms with van der Waals surface area (Å²) in [5.74, 6) is 2.25. The van der Waals surface area contributed by atoms with Gasteiger partial charge in [-0.15, -0.1) is 0 Å². The highest BCUT2D eigenvalue weighted by atomic mass is 15.2. The lowest BCUT2D eigenvalue weighted by Gasteiger charge is -2.28. The molecule has 18 heavy (non-hydrogen) atoms. The van der Waals surface area contributed by atoms with Gasteiger partial charge in [-0.05, 0) is 29.9 Å². The predicted octanol–water partition coefficient (Wildman–Crippen LogP) is 4.17. The van der Waals surface area contributed by atoms with Gasteiger partial charge in [0.2, 0.25) is 0 Å². The summed E-state index contributed by atoms with van der Waals surface area (Å²) in [6.07, 6.45) is 0. The zero-order valence-corrected chi connectivity index (χ0v) is 12.2. The van der Waals surface area contributed by atoms with Crippen LogP contribution in [0, 0.1) is 0 Å². The molecule has 0 atom stereocenters. The largest absolute Gasteiger partial charge is 0.328 e. The second kappa shape index (κ2) is 5.13. The minimum Gasteiger partial charge on any atom is -0.328 e. The number of aliphatic imine (C=N–C) groups is 1. The molecular formula is C16H24N2. The Morgan fingerprint density at radius 3 is 2.00 bits per heavy atom.